The quantitative estimate of drug-likeness (QED) is 0.485. The molecule has 0 amide bonds. The molecule has 0 saturated heterocycles. The van der Waals surface area contributed by atoms with Crippen LogP contribution in [0.25, 0.3) is 21.8 Å². The number of rotatable bonds is 1. The lowest BCUT2D eigenvalue weighted by molar-refractivity contribution is 0.435. The number of fused-ring (bicyclic) bond motifs is 4. The number of nitrogens with one attached hydrogen (secondary N) is 2. The van der Waals surface area contributed by atoms with E-state index in [1.54, 1.807) is 0 Å². The Kier molecular flexibility index (Phi) is 2.53. The predicted octanol–water partition coefficient (Wildman–Crippen LogP) is 4.19. The Morgan fingerprint density at radius 2 is 1.91 bits per heavy atom. The zero-order chi connectivity index (χ0) is 15.4. The summed E-state index contributed by atoms with van der Waals surface area (Å²) in [5, 5.41) is 2.54. The fourth-order valence-corrected chi connectivity index (χ4v) is 4.13. The van der Waals surface area contributed by atoms with Gasteiger partial charge < -0.3 is 15.7 Å². The maximum atomic E-state index is 6.97. The molecule has 0 aliphatic heterocycles. The Morgan fingerprint density at radius 3 is 2.87 bits per heavy atom. The fourth-order valence-electron chi connectivity index (χ4n) is 4.13. The first-order valence-corrected chi connectivity index (χ1v) is 8.22. The zero-order valence-corrected chi connectivity index (χ0v) is 12.9. The molecule has 1 aliphatic carbocycles. The van der Waals surface area contributed by atoms with Crippen LogP contribution < -0.4 is 5.73 Å². The number of aromatic amines is 2. The molecule has 0 radical (unpaired) electrons. The van der Waals surface area contributed by atoms with Crippen molar-refractivity contribution in [3.63, 3.8) is 0 Å². The number of hydrogen-bond acceptors (Lipinski definition) is 1. The van der Waals surface area contributed by atoms with Gasteiger partial charge >= 0.3 is 0 Å². The summed E-state index contributed by atoms with van der Waals surface area (Å²) in [4.78, 5) is 6.87. The van der Waals surface area contributed by atoms with E-state index in [0.29, 0.717) is 0 Å². The molecular formula is C20H19N3. The molecule has 1 atom stereocenters. The van der Waals surface area contributed by atoms with E-state index in [-0.39, 0.29) is 0 Å². The van der Waals surface area contributed by atoms with Crippen LogP contribution in [0.15, 0.2) is 54.7 Å². The highest BCUT2D eigenvalue weighted by Gasteiger charge is 2.37. The third-order valence-corrected chi connectivity index (χ3v) is 5.33. The number of hydrogen-bond donors (Lipinski definition) is 3. The van der Waals surface area contributed by atoms with E-state index in [1.165, 1.54) is 33.1 Å². The highest BCUT2D eigenvalue weighted by atomic mass is 14.9. The summed E-state index contributed by atoms with van der Waals surface area (Å²) in [7, 11) is 0. The van der Waals surface area contributed by atoms with Gasteiger partial charge in [0.25, 0.3) is 0 Å². The highest BCUT2D eigenvalue weighted by Crippen LogP contribution is 2.41. The van der Waals surface area contributed by atoms with Crippen LogP contribution in [0.4, 0.5) is 0 Å². The van der Waals surface area contributed by atoms with Crippen molar-refractivity contribution in [3.05, 3.63) is 71.5 Å². The van der Waals surface area contributed by atoms with E-state index in [0.717, 1.165) is 24.8 Å². The SMILES string of the molecule is NC1(c2ccc3[nH]ccc3c2)CCCc2c1[nH]c1ccccc21. The minimum atomic E-state index is -0.432. The standard InChI is InChI=1S/C20H19N3/c21-20(14-7-8-17-13(12-14)9-11-22-17)10-3-5-16-15-4-1-2-6-18(15)23-19(16)20/h1-2,4,6-9,11-12,22-23H,3,5,10,21H2. The third-order valence-electron chi connectivity index (χ3n) is 5.33. The lowest BCUT2D eigenvalue weighted by Crippen LogP contribution is -2.41. The highest BCUT2D eigenvalue weighted by molar-refractivity contribution is 5.86. The van der Waals surface area contributed by atoms with E-state index >= 15 is 0 Å². The van der Waals surface area contributed by atoms with Gasteiger partial charge in [0.15, 0.2) is 0 Å². The molecule has 5 rings (SSSR count). The summed E-state index contributed by atoms with van der Waals surface area (Å²) in [6.45, 7) is 0. The van der Waals surface area contributed by atoms with Gasteiger partial charge in [0, 0.05) is 28.3 Å². The Morgan fingerprint density at radius 1 is 1.00 bits per heavy atom. The van der Waals surface area contributed by atoms with E-state index in [4.69, 9.17) is 5.73 Å². The molecule has 0 spiro atoms. The predicted molar refractivity (Wildman–Crippen MR) is 94.5 cm³/mol. The number of aryl methyl sites for hydroxylation is 1. The maximum absolute atomic E-state index is 6.97. The molecule has 0 saturated carbocycles. The van der Waals surface area contributed by atoms with E-state index in [2.05, 4.69) is 58.5 Å². The van der Waals surface area contributed by atoms with Crippen molar-refractivity contribution < 1.29 is 0 Å². The number of H-pyrrole nitrogens is 2. The molecule has 4 aromatic rings. The number of benzene rings is 2. The second-order valence-corrected chi connectivity index (χ2v) is 6.63. The molecule has 23 heavy (non-hydrogen) atoms. The lowest BCUT2D eigenvalue weighted by atomic mass is 9.76. The summed E-state index contributed by atoms with van der Waals surface area (Å²) in [6, 6.07) is 17.2. The van der Waals surface area contributed by atoms with Crippen LogP contribution >= 0.6 is 0 Å². The molecule has 0 bridgehead atoms. The summed E-state index contributed by atoms with van der Waals surface area (Å²) < 4.78 is 0. The van der Waals surface area contributed by atoms with Crippen molar-refractivity contribution in [2.24, 2.45) is 5.73 Å². The van der Waals surface area contributed by atoms with Gasteiger partial charge in [-0.1, -0.05) is 24.3 Å². The van der Waals surface area contributed by atoms with Crippen LogP contribution in [0.5, 0.6) is 0 Å². The van der Waals surface area contributed by atoms with Crippen molar-refractivity contribution in [1.29, 1.82) is 0 Å². The smallest absolute Gasteiger partial charge is 0.0820 e. The molecule has 114 valence electrons. The number of nitrogens with two attached hydrogens (primary N) is 1. The Balaban J connectivity index is 1.76. The zero-order valence-electron chi connectivity index (χ0n) is 12.9. The van der Waals surface area contributed by atoms with Crippen LogP contribution in [0.3, 0.4) is 0 Å². The molecule has 2 aromatic carbocycles. The summed E-state index contributed by atoms with van der Waals surface area (Å²) >= 11 is 0. The van der Waals surface area contributed by atoms with Gasteiger partial charge in [-0.05, 0) is 60.0 Å². The largest absolute Gasteiger partial charge is 0.361 e. The monoisotopic (exact) mass is 301 g/mol. The summed E-state index contributed by atoms with van der Waals surface area (Å²) in [5.41, 5.74) is 12.7. The van der Waals surface area contributed by atoms with E-state index in [9.17, 15) is 0 Å². The van der Waals surface area contributed by atoms with Crippen molar-refractivity contribution in [2.45, 2.75) is 24.8 Å². The minimum Gasteiger partial charge on any atom is -0.361 e. The second-order valence-electron chi connectivity index (χ2n) is 6.63. The molecule has 3 heteroatoms. The van der Waals surface area contributed by atoms with Gasteiger partial charge in [0.2, 0.25) is 0 Å². The lowest BCUT2D eigenvalue weighted by Gasteiger charge is -2.34. The van der Waals surface area contributed by atoms with Crippen LogP contribution in [-0.4, -0.2) is 9.97 Å². The van der Waals surface area contributed by atoms with Crippen LogP contribution in [0.1, 0.15) is 29.7 Å². The molecule has 2 heterocycles. The third kappa shape index (κ3) is 1.74. The summed E-state index contributed by atoms with van der Waals surface area (Å²) in [5.74, 6) is 0. The molecule has 1 unspecified atom stereocenters. The van der Waals surface area contributed by atoms with E-state index in [1.807, 2.05) is 6.20 Å². The fraction of sp³-hybridized carbons (Fsp3) is 0.200. The minimum absolute atomic E-state index is 0.432. The molecule has 2 aromatic heterocycles. The van der Waals surface area contributed by atoms with Crippen molar-refractivity contribution in [3.8, 4) is 0 Å². The topological polar surface area (TPSA) is 57.6 Å². The van der Waals surface area contributed by atoms with Crippen molar-refractivity contribution >= 4 is 21.8 Å². The van der Waals surface area contributed by atoms with Gasteiger partial charge in [-0.3, -0.25) is 0 Å². The molecule has 1 aliphatic rings. The van der Waals surface area contributed by atoms with Crippen LogP contribution in [0, 0.1) is 0 Å². The first-order valence-electron chi connectivity index (χ1n) is 8.22. The maximum Gasteiger partial charge on any atom is 0.0820 e. The van der Waals surface area contributed by atoms with Gasteiger partial charge in [-0.15, -0.1) is 0 Å². The second kappa shape index (κ2) is 4.49. The molecule has 4 N–H and O–H groups in total. The molecular weight excluding hydrogens is 282 g/mol. The Bertz CT molecular complexity index is 1020. The van der Waals surface area contributed by atoms with Crippen LogP contribution in [0.2, 0.25) is 0 Å². The number of para-hydroxylation sites is 1. The van der Waals surface area contributed by atoms with E-state index < -0.39 is 5.54 Å². The average Bonchev–Trinajstić information content (AvgIpc) is 3.19. The normalized spacial score (nSPS) is 20.9. The summed E-state index contributed by atoms with van der Waals surface area (Å²) in [6.07, 6.45) is 5.18. The molecule has 3 nitrogen and oxygen atoms in total. The van der Waals surface area contributed by atoms with Crippen molar-refractivity contribution in [1.82, 2.24) is 9.97 Å². The van der Waals surface area contributed by atoms with Gasteiger partial charge in [-0.2, -0.15) is 0 Å². The van der Waals surface area contributed by atoms with Gasteiger partial charge in [-0.25, -0.2) is 0 Å². The van der Waals surface area contributed by atoms with Gasteiger partial charge in [0.05, 0.1) is 5.54 Å². The van der Waals surface area contributed by atoms with Crippen molar-refractivity contribution in [2.75, 3.05) is 0 Å². The number of aromatic nitrogens is 2. The first-order chi connectivity index (χ1) is 11.3. The van der Waals surface area contributed by atoms with Gasteiger partial charge in [0.1, 0.15) is 0 Å². The Labute approximate surface area is 134 Å². The average molecular weight is 301 g/mol. The van der Waals surface area contributed by atoms with Crippen LogP contribution in [-0.2, 0) is 12.0 Å². The molecule has 0 fully saturated rings. The Hall–Kier alpha value is -2.52. The first kappa shape index (κ1) is 13.0.